The number of likely N-dealkylation sites (tertiary alicyclic amines) is 1. The highest BCUT2D eigenvalue weighted by Gasteiger charge is 2.39. The van der Waals surface area contributed by atoms with Crippen LogP contribution in [0.5, 0.6) is 0 Å². The van der Waals surface area contributed by atoms with Crippen molar-refractivity contribution in [2.75, 3.05) is 18.4 Å². The number of aryl methyl sites for hydroxylation is 1. The fourth-order valence-corrected chi connectivity index (χ4v) is 5.15. The number of hydrogen-bond acceptors (Lipinski definition) is 3. The van der Waals surface area contributed by atoms with Crippen LogP contribution in [-0.4, -0.2) is 29.8 Å². The highest BCUT2D eigenvalue weighted by molar-refractivity contribution is 7.16. The zero-order chi connectivity index (χ0) is 16.1. The van der Waals surface area contributed by atoms with Crippen molar-refractivity contribution in [3.05, 3.63) is 16.0 Å². The minimum atomic E-state index is 0.0820. The summed E-state index contributed by atoms with van der Waals surface area (Å²) in [7, 11) is 0. The quantitative estimate of drug-likeness (QED) is 0.919. The van der Waals surface area contributed by atoms with E-state index < -0.39 is 0 Å². The lowest BCUT2D eigenvalue weighted by Crippen LogP contribution is -2.30. The van der Waals surface area contributed by atoms with Crippen LogP contribution < -0.4 is 5.32 Å². The van der Waals surface area contributed by atoms with Gasteiger partial charge in [0.1, 0.15) is 5.00 Å². The molecule has 1 saturated heterocycles. The molecule has 4 rings (SSSR count). The summed E-state index contributed by atoms with van der Waals surface area (Å²) in [5.74, 6) is 1.75. The molecular weight excluding hydrogens is 308 g/mol. The normalized spacial score (nSPS) is 26.4. The molecule has 1 aliphatic heterocycles. The van der Waals surface area contributed by atoms with Crippen LogP contribution in [-0.2, 0) is 4.79 Å². The van der Waals surface area contributed by atoms with Gasteiger partial charge in [0, 0.05) is 23.9 Å². The number of carbonyl (C=O) groups excluding carboxylic acids is 2. The van der Waals surface area contributed by atoms with Crippen LogP contribution in [0.15, 0.2) is 0 Å². The first-order chi connectivity index (χ1) is 11.0. The van der Waals surface area contributed by atoms with Gasteiger partial charge in [-0.2, -0.15) is 0 Å². The number of thiophene rings is 1. The first-order valence-electron chi connectivity index (χ1n) is 8.74. The van der Waals surface area contributed by atoms with Crippen LogP contribution >= 0.6 is 11.3 Å². The van der Waals surface area contributed by atoms with Crippen molar-refractivity contribution >= 4 is 28.2 Å². The Hall–Kier alpha value is -1.36. The number of carbonyl (C=O) groups is 2. The first kappa shape index (κ1) is 15.2. The second kappa shape index (κ2) is 5.62. The molecule has 2 aliphatic carbocycles. The van der Waals surface area contributed by atoms with E-state index in [1.54, 1.807) is 11.3 Å². The van der Waals surface area contributed by atoms with Crippen molar-refractivity contribution in [2.45, 2.75) is 46.0 Å². The highest BCUT2D eigenvalue weighted by atomic mass is 32.1. The van der Waals surface area contributed by atoms with Gasteiger partial charge in [-0.1, -0.05) is 6.42 Å². The lowest BCUT2D eigenvalue weighted by atomic mass is 10.0. The molecule has 2 amide bonds. The predicted octanol–water partition coefficient (Wildman–Crippen LogP) is 3.59. The molecule has 5 heteroatoms. The molecule has 4 nitrogen and oxygen atoms in total. The average Bonchev–Trinajstić information content (AvgIpc) is 3.05. The smallest absolute Gasteiger partial charge is 0.257 e. The Bertz CT molecular complexity index is 650. The highest BCUT2D eigenvalue weighted by Crippen LogP contribution is 2.41. The molecule has 1 aromatic heterocycles. The van der Waals surface area contributed by atoms with Crippen molar-refractivity contribution in [3.63, 3.8) is 0 Å². The monoisotopic (exact) mass is 332 g/mol. The molecule has 2 saturated carbocycles. The Labute approximate surface area is 141 Å². The van der Waals surface area contributed by atoms with Crippen molar-refractivity contribution in [3.8, 4) is 0 Å². The number of fused-ring (bicyclic) bond motifs is 1. The summed E-state index contributed by atoms with van der Waals surface area (Å²) < 4.78 is 0. The molecule has 124 valence electrons. The number of nitrogens with zero attached hydrogens (tertiary/aromatic N) is 1. The molecule has 0 radical (unpaired) electrons. The molecular formula is C18H24N2O2S. The Morgan fingerprint density at radius 2 is 1.74 bits per heavy atom. The van der Waals surface area contributed by atoms with Crippen LogP contribution in [0.25, 0.3) is 0 Å². The Morgan fingerprint density at radius 1 is 1.09 bits per heavy atom. The van der Waals surface area contributed by atoms with Crippen LogP contribution in [0.4, 0.5) is 5.00 Å². The van der Waals surface area contributed by atoms with Gasteiger partial charge in [0.25, 0.3) is 5.91 Å². The number of hydrogen-bond donors (Lipinski definition) is 1. The molecule has 0 aromatic carbocycles. The van der Waals surface area contributed by atoms with Gasteiger partial charge in [-0.05, 0) is 56.9 Å². The number of rotatable bonds is 3. The third-order valence-electron chi connectivity index (χ3n) is 5.80. The van der Waals surface area contributed by atoms with E-state index in [9.17, 15) is 9.59 Å². The second-order valence-corrected chi connectivity index (χ2v) is 8.64. The number of anilines is 1. The average molecular weight is 332 g/mol. The van der Waals surface area contributed by atoms with Gasteiger partial charge in [-0.25, -0.2) is 0 Å². The predicted molar refractivity (Wildman–Crippen MR) is 91.9 cm³/mol. The molecule has 3 aliphatic rings. The summed E-state index contributed by atoms with van der Waals surface area (Å²) in [6.45, 7) is 5.83. The molecule has 2 atom stereocenters. The molecule has 0 spiro atoms. The first-order valence-corrected chi connectivity index (χ1v) is 9.56. The molecule has 0 bridgehead atoms. The lowest BCUT2D eigenvalue weighted by molar-refractivity contribution is -0.117. The summed E-state index contributed by atoms with van der Waals surface area (Å²) in [6.07, 6.45) is 5.81. The zero-order valence-electron chi connectivity index (χ0n) is 13.9. The molecule has 2 heterocycles. The largest absolute Gasteiger partial charge is 0.338 e. The van der Waals surface area contributed by atoms with E-state index >= 15 is 0 Å². The summed E-state index contributed by atoms with van der Waals surface area (Å²) >= 11 is 1.54. The standard InChI is InChI=1S/C18H24N2O2S/c1-10-11(2)23-17(19-16(21)12-6-7-12)15(10)18(22)20-8-13-4-3-5-14(13)9-20/h12-14H,3-9H2,1-2H3,(H,19,21)/t13-,14+. The molecule has 1 N–H and O–H groups in total. The fraction of sp³-hybridized carbons (Fsp3) is 0.667. The Balaban J connectivity index is 1.57. The van der Waals surface area contributed by atoms with Gasteiger partial charge in [-0.3, -0.25) is 9.59 Å². The van der Waals surface area contributed by atoms with Gasteiger partial charge >= 0.3 is 0 Å². The summed E-state index contributed by atoms with van der Waals surface area (Å²) in [6, 6.07) is 0. The maximum absolute atomic E-state index is 13.1. The van der Waals surface area contributed by atoms with Gasteiger partial charge in [0.2, 0.25) is 5.91 Å². The van der Waals surface area contributed by atoms with E-state index in [0.717, 1.165) is 46.9 Å². The molecule has 1 aromatic rings. The van der Waals surface area contributed by atoms with Crippen molar-refractivity contribution in [2.24, 2.45) is 17.8 Å². The summed E-state index contributed by atoms with van der Waals surface area (Å²) in [5.41, 5.74) is 1.77. The number of amides is 2. The van der Waals surface area contributed by atoms with Crippen LogP contribution in [0.1, 0.15) is 52.9 Å². The van der Waals surface area contributed by atoms with Crippen LogP contribution in [0.3, 0.4) is 0 Å². The van der Waals surface area contributed by atoms with Crippen LogP contribution in [0.2, 0.25) is 0 Å². The van der Waals surface area contributed by atoms with E-state index in [1.807, 2.05) is 18.7 Å². The third kappa shape index (κ3) is 2.69. The Morgan fingerprint density at radius 3 is 2.35 bits per heavy atom. The lowest BCUT2D eigenvalue weighted by Gasteiger charge is -2.18. The minimum Gasteiger partial charge on any atom is -0.338 e. The maximum atomic E-state index is 13.1. The summed E-state index contributed by atoms with van der Waals surface area (Å²) in [4.78, 5) is 28.4. The molecule has 23 heavy (non-hydrogen) atoms. The van der Waals surface area contributed by atoms with Crippen LogP contribution in [0, 0.1) is 31.6 Å². The second-order valence-electron chi connectivity index (χ2n) is 7.41. The van der Waals surface area contributed by atoms with Crippen molar-refractivity contribution < 1.29 is 9.59 Å². The third-order valence-corrected chi connectivity index (χ3v) is 6.92. The van der Waals surface area contributed by atoms with E-state index in [-0.39, 0.29) is 17.7 Å². The van der Waals surface area contributed by atoms with Gasteiger partial charge in [-0.15, -0.1) is 11.3 Å². The molecule has 3 fully saturated rings. The van der Waals surface area contributed by atoms with Crippen molar-refractivity contribution in [1.82, 2.24) is 4.90 Å². The molecule has 0 unspecified atom stereocenters. The minimum absolute atomic E-state index is 0.0820. The zero-order valence-corrected chi connectivity index (χ0v) is 14.7. The van der Waals surface area contributed by atoms with Gasteiger partial charge in [0.15, 0.2) is 0 Å². The van der Waals surface area contributed by atoms with E-state index in [4.69, 9.17) is 0 Å². The van der Waals surface area contributed by atoms with E-state index in [1.165, 1.54) is 19.3 Å². The van der Waals surface area contributed by atoms with E-state index in [0.29, 0.717) is 11.8 Å². The number of nitrogens with one attached hydrogen (secondary N) is 1. The topological polar surface area (TPSA) is 49.4 Å². The SMILES string of the molecule is Cc1sc(NC(=O)C2CC2)c(C(=O)N2C[C@H]3CCC[C@H]3C2)c1C. The van der Waals surface area contributed by atoms with Gasteiger partial charge in [0.05, 0.1) is 5.56 Å². The van der Waals surface area contributed by atoms with E-state index in [2.05, 4.69) is 5.32 Å². The van der Waals surface area contributed by atoms with Gasteiger partial charge < -0.3 is 10.2 Å². The summed E-state index contributed by atoms with van der Waals surface area (Å²) in [5, 5.41) is 3.78. The fourth-order valence-electron chi connectivity index (χ4n) is 4.09. The Kier molecular flexibility index (Phi) is 3.71. The maximum Gasteiger partial charge on any atom is 0.257 e. The van der Waals surface area contributed by atoms with Crippen molar-refractivity contribution in [1.29, 1.82) is 0 Å².